The number of aromatic hydroxyl groups is 1. The van der Waals surface area contributed by atoms with Crippen LogP contribution in [0.15, 0.2) is 35.7 Å². The van der Waals surface area contributed by atoms with E-state index in [2.05, 4.69) is 35.4 Å². The number of rotatable bonds is 6. The van der Waals surface area contributed by atoms with Crippen LogP contribution in [0.1, 0.15) is 35.8 Å². The third kappa shape index (κ3) is 7.59. The van der Waals surface area contributed by atoms with Crippen molar-refractivity contribution in [1.82, 2.24) is 4.90 Å². The van der Waals surface area contributed by atoms with Gasteiger partial charge >= 0.3 is 0 Å². The minimum Gasteiger partial charge on any atom is -0.726 e. The molecule has 0 aliphatic heterocycles. The minimum absolute atomic E-state index is 0.483. The Bertz CT molecular complexity index is 798. The fourth-order valence-corrected chi connectivity index (χ4v) is 4.25. The fourth-order valence-electron chi connectivity index (χ4n) is 3.55. The molecule has 0 amide bonds. The van der Waals surface area contributed by atoms with E-state index in [0.29, 0.717) is 11.8 Å². The fraction of sp³-hybridized carbons (Fsp3) is 0.474. The highest BCUT2D eigenvalue weighted by Gasteiger charge is 2.25. The van der Waals surface area contributed by atoms with E-state index in [-0.39, 0.29) is 0 Å². The van der Waals surface area contributed by atoms with E-state index in [9.17, 15) is 5.11 Å². The summed E-state index contributed by atoms with van der Waals surface area (Å²) >= 11 is 1.86. The average molecular weight is 413 g/mol. The quantitative estimate of drug-likeness (QED) is 0.558. The predicted octanol–water partition coefficient (Wildman–Crippen LogP) is 3.27. The summed E-state index contributed by atoms with van der Waals surface area (Å²) in [6.45, 7) is 4.58. The van der Waals surface area contributed by atoms with Crippen LogP contribution in [0.2, 0.25) is 0 Å². The molecule has 2 N–H and O–H groups in total. The molecule has 1 aliphatic rings. The van der Waals surface area contributed by atoms with Crippen molar-refractivity contribution >= 4 is 21.7 Å². The van der Waals surface area contributed by atoms with E-state index in [0.717, 1.165) is 32.2 Å². The van der Waals surface area contributed by atoms with Gasteiger partial charge in [-0.3, -0.25) is 9.45 Å². The van der Waals surface area contributed by atoms with E-state index in [4.69, 9.17) is 17.5 Å². The zero-order chi connectivity index (χ0) is 19.9. The van der Waals surface area contributed by atoms with Gasteiger partial charge in [0.2, 0.25) is 10.4 Å². The zero-order valence-electron chi connectivity index (χ0n) is 15.4. The summed E-state index contributed by atoms with van der Waals surface area (Å²) in [6, 6.07) is 11.0. The van der Waals surface area contributed by atoms with Crippen LogP contribution < -0.4 is 0 Å². The molecule has 1 heterocycles. The van der Waals surface area contributed by atoms with Gasteiger partial charge in [-0.2, -0.15) is 0 Å². The molecule has 0 spiro atoms. The van der Waals surface area contributed by atoms with Crippen molar-refractivity contribution in [2.24, 2.45) is 0 Å². The van der Waals surface area contributed by atoms with Gasteiger partial charge in [0, 0.05) is 17.5 Å². The summed E-state index contributed by atoms with van der Waals surface area (Å²) in [5, 5.41) is 12.2. The summed E-state index contributed by atoms with van der Waals surface area (Å²) in [6.07, 6.45) is 5.60. The Kier molecular flexibility index (Phi) is 8.25. The molecule has 0 unspecified atom stereocenters. The Balaban J connectivity index is 0.000000465. The third-order valence-corrected chi connectivity index (χ3v) is 5.62. The lowest BCUT2D eigenvalue weighted by molar-refractivity contribution is 0.181. The van der Waals surface area contributed by atoms with Crippen LogP contribution in [0, 0.1) is 0 Å². The van der Waals surface area contributed by atoms with Gasteiger partial charge in [-0.1, -0.05) is 25.1 Å². The lowest BCUT2D eigenvalue weighted by atomic mass is 9.86. The first-order valence-corrected chi connectivity index (χ1v) is 11.3. The van der Waals surface area contributed by atoms with Crippen LogP contribution in [0.4, 0.5) is 0 Å². The molecule has 1 aromatic carbocycles. The number of hydrogen-bond donors (Lipinski definition) is 2. The lowest BCUT2D eigenvalue weighted by Crippen LogP contribution is -2.41. The van der Waals surface area contributed by atoms with Crippen molar-refractivity contribution < 1.29 is 22.6 Å². The molecule has 1 aliphatic carbocycles. The summed E-state index contributed by atoms with van der Waals surface area (Å²) < 4.78 is 32.8. The number of phenolic OH excluding ortho intramolecular Hbond substituents is 1. The van der Waals surface area contributed by atoms with Crippen molar-refractivity contribution in [2.75, 3.05) is 13.1 Å². The number of nitrogens with zero attached hydrogens (tertiary/aromatic N) is 1. The van der Waals surface area contributed by atoms with Gasteiger partial charge < -0.3 is 9.66 Å². The van der Waals surface area contributed by atoms with Crippen molar-refractivity contribution in [3.05, 3.63) is 51.7 Å². The van der Waals surface area contributed by atoms with Gasteiger partial charge in [0.1, 0.15) is 5.75 Å². The summed E-state index contributed by atoms with van der Waals surface area (Å²) in [7, 11) is -4.92. The largest absolute Gasteiger partial charge is 0.726 e. The molecule has 0 saturated heterocycles. The second-order valence-electron chi connectivity index (χ2n) is 6.60. The smallest absolute Gasteiger partial charge is 0.215 e. The number of fused-ring (bicyclic) bond motifs is 1. The van der Waals surface area contributed by atoms with E-state index < -0.39 is 10.4 Å². The predicted molar refractivity (Wildman–Crippen MR) is 106 cm³/mol. The first-order valence-electron chi connectivity index (χ1n) is 9.02. The molecule has 6 nitrogen and oxygen atoms in total. The molecule has 0 radical (unpaired) electrons. The van der Waals surface area contributed by atoms with E-state index in [1.54, 1.807) is 0 Å². The molecule has 150 valence electrons. The van der Waals surface area contributed by atoms with E-state index >= 15 is 0 Å². The molecule has 0 fully saturated rings. The van der Waals surface area contributed by atoms with Gasteiger partial charge in [-0.05, 0) is 67.3 Å². The summed E-state index contributed by atoms with van der Waals surface area (Å²) in [4.78, 5) is 4.14. The second kappa shape index (κ2) is 10.2. The molecule has 27 heavy (non-hydrogen) atoms. The first kappa shape index (κ1) is 21.8. The molecule has 0 bridgehead atoms. The molecule has 3 rings (SSSR count). The standard InChI is InChI=1S/C19H25NOS.H2O4S/c1-2-11-20(12-10-17-6-4-13-22-17)16-8-9-18-15(14-16)5-3-7-19(18)21;1-5(2,3)4/h3-7,13,16,21H,2,8-12,14H2,1H3;(H2,1,2,3,4)/p-1/t16-;/m0./s1. The SMILES string of the molecule is CCCN(CCc1cccs1)[C@H]1CCc2c(O)cccc2C1.O=S(=O)([O-])O. The van der Waals surface area contributed by atoms with Crippen LogP contribution in [0.25, 0.3) is 0 Å². The molecule has 2 aromatic rings. The van der Waals surface area contributed by atoms with Crippen molar-refractivity contribution in [1.29, 1.82) is 0 Å². The lowest BCUT2D eigenvalue weighted by Gasteiger charge is -2.35. The molecule has 8 heteroatoms. The van der Waals surface area contributed by atoms with Crippen molar-refractivity contribution in [3.8, 4) is 5.75 Å². The molecule has 1 atom stereocenters. The van der Waals surface area contributed by atoms with Crippen molar-refractivity contribution in [3.63, 3.8) is 0 Å². The Hall–Kier alpha value is -1.45. The summed E-state index contributed by atoms with van der Waals surface area (Å²) in [5.41, 5.74) is 2.52. The molecular formula is C19H26NO5S2-. The molecular weight excluding hydrogens is 386 g/mol. The maximum Gasteiger partial charge on any atom is 0.215 e. The zero-order valence-corrected chi connectivity index (χ0v) is 17.0. The Morgan fingerprint density at radius 1 is 1.26 bits per heavy atom. The third-order valence-electron chi connectivity index (χ3n) is 4.68. The van der Waals surface area contributed by atoms with Gasteiger partial charge in [0.05, 0.1) is 0 Å². The van der Waals surface area contributed by atoms with Crippen LogP contribution in [0.3, 0.4) is 0 Å². The summed E-state index contributed by atoms with van der Waals surface area (Å²) in [5.74, 6) is 0.483. The monoisotopic (exact) mass is 412 g/mol. The number of thiophene rings is 1. The van der Waals surface area contributed by atoms with E-state index in [1.165, 1.54) is 29.0 Å². The maximum atomic E-state index is 10.0. The van der Waals surface area contributed by atoms with Crippen molar-refractivity contribution in [2.45, 2.75) is 45.1 Å². The maximum absolute atomic E-state index is 10.0. The Morgan fingerprint density at radius 3 is 2.63 bits per heavy atom. The first-order chi connectivity index (χ1) is 12.8. The normalized spacial score (nSPS) is 16.5. The van der Waals surface area contributed by atoms with Gasteiger partial charge in [0.15, 0.2) is 0 Å². The van der Waals surface area contributed by atoms with Gasteiger partial charge in [-0.15, -0.1) is 11.3 Å². The molecule has 0 saturated carbocycles. The Labute approximate surface area is 165 Å². The van der Waals surface area contributed by atoms with Gasteiger partial charge in [-0.25, -0.2) is 8.42 Å². The number of hydrogen-bond acceptors (Lipinski definition) is 6. The highest BCUT2D eigenvalue weighted by atomic mass is 32.3. The van der Waals surface area contributed by atoms with Gasteiger partial charge in [0.25, 0.3) is 0 Å². The Morgan fingerprint density at radius 2 is 2.00 bits per heavy atom. The average Bonchev–Trinajstić information content (AvgIpc) is 3.10. The van der Waals surface area contributed by atoms with Crippen LogP contribution in [-0.2, 0) is 29.7 Å². The topological polar surface area (TPSA) is 101 Å². The second-order valence-corrected chi connectivity index (χ2v) is 8.49. The highest BCUT2D eigenvalue weighted by molar-refractivity contribution is 7.79. The number of phenols is 1. The van der Waals surface area contributed by atoms with E-state index in [1.807, 2.05) is 23.5 Å². The minimum atomic E-state index is -4.92. The molecule has 1 aromatic heterocycles. The number of benzene rings is 1. The van der Waals surface area contributed by atoms with Crippen LogP contribution in [0.5, 0.6) is 5.75 Å². The van der Waals surface area contributed by atoms with Crippen LogP contribution >= 0.6 is 11.3 Å². The van der Waals surface area contributed by atoms with Crippen LogP contribution in [-0.4, -0.2) is 46.7 Å². The highest BCUT2D eigenvalue weighted by Crippen LogP contribution is 2.30.